The molecule has 108 valence electrons. The number of hydrogen-bond donors (Lipinski definition) is 1. The molecule has 1 atom stereocenters. The van der Waals surface area contributed by atoms with Gasteiger partial charge in [-0.3, -0.25) is 9.55 Å². The van der Waals surface area contributed by atoms with Crippen LogP contribution in [-0.2, 0) is 4.74 Å². The van der Waals surface area contributed by atoms with E-state index >= 15 is 0 Å². The molecule has 1 aromatic carbocycles. The molecule has 1 fully saturated rings. The highest BCUT2D eigenvalue weighted by molar-refractivity contribution is 6.31. The molecule has 21 heavy (non-hydrogen) atoms. The average Bonchev–Trinajstić information content (AvgIpc) is 2.84. The maximum atomic E-state index is 12.3. The molecular formula is C14H13ClN4O2. The SMILES string of the molecule is O=c1[nH]c2nnc3ccc(Cl)cc3c2n1[C@@H]1CCCOC1. The number of nitrogens with zero attached hydrogens (tertiary/aromatic N) is 3. The molecule has 0 radical (unpaired) electrons. The summed E-state index contributed by atoms with van der Waals surface area (Å²) in [6, 6.07) is 5.42. The van der Waals surface area contributed by atoms with Crippen molar-refractivity contribution in [1.82, 2.24) is 19.7 Å². The van der Waals surface area contributed by atoms with Gasteiger partial charge in [0.2, 0.25) is 0 Å². The van der Waals surface area contributed by atoms with Gasteiger partial charge in [-0.1, -0.05) is 11.6 Å². The quantitative estimate of drug-likeness (QED) is 0.748. The molecule has 1 aliphatic heterocycles. The van der Waals surface area contributed by atoms with Crippen LogP contribution in [0.25, 0.3) is 22.1 Å². The fraction of sp³-hybridized carbons (Fsp3) is 0.357. The number of rotatable bonds is 1. The number of fused-ring (bicyclic) bond motifs is 3. The number of imidazole rings is 1. The standard InChI is InChI=1S/C14H13ClN4O2/c15-8-3-4-11-10(6-8)12-13(18-17-11)16-14(20)19(12)9-2-1-5-21-7-9/h3-4,6,9H,1-2,5,7H2,(H,16,18,20)/t9-/m1/s1. The van der Waals surface area contributed by atoms with E-state index in [9.17, 15) is 4.79 Å². The molecule has 3 aromatic rings. The molecule has 0 amide bonds. The average molecular weight is 305 g/mol. The molecule has 1 aliphatic rings. The van der Waals surface area contributed by atoms with Gasteiger partial charge in [-0.2, -0.15) is 0 Å². The van der Waals surface area contributed by atoms with Crippen LogP contribution in [0, 0.1) is 0 Å². The summed E-state index contributed by atoms with van der Waals surface area (Å²) < 4.78 is 7.25. The molecule has 0 bridgehead atoms. The summed E-state index contributed by atoms with van der Waals surface area (Å²) in [5.41, 5.74) is 1.78. The number of aromatic amines is 1. The third-order valence-electron chi connectivity index (χ3n) is 3.88. The van der Waals surface area contributed by atoms with Crippen LogP contribution in [0.15, 0.2) is 23.0 Å². The normalized spacial score (nSPS) is 19.4. The lowest BCUT2D eigenvalue weighted by Gasteiger charge is -2.23. The van der Waals surface area contributed by atoms with Gasteiger partial charge in [0.15, 0.2) is 5.65 Å². The molecule has 1 saturated heterocycles. The lowest BCUT2D eigenvalue weighted by Crippen LogP contribution is -2.28. The molecule has 7 heteroatoms. The fourth-order valence-corrected chi connectivity index (χ4v) is 3.10. The number of hydrogen-bond acceptors (Lipinski definition) is 4. The predicted molar refractivity (Wildman–Crippen MR) is 79.8 cm³/mol. The molecule has 0 spiro atoms. The summed E-state index contributed by atoms with van der Waals surface area (Å²) in [5.74, 6) is 0. The maximum absolute atomic E-state index is 12.3. The number of H-pyrrole nitrogens is 1. The second-order valence-corrected chi connectivity index (χ2v) is 5.67. The Morgan fingerprint density at radius 3 is 3.10 bits per heavy atom. The summed E-state index contributed by atoms with van der Waals surface area (Å²) in [6.45, 7) is 1.29. The number of benzene rings is 1. The van der Waals surface area contributed by atoms with E-state index in [1.807, 2.05) is 12.1 Å². The lowest BCUT2D eigenvalue weighted by molar-refractivity contribution is 0.0595. The minimum absolute atomic E-state index is 0.0198. The third-order valence-corrected chi connectivity index (χ3v) is 4.12. The van der Waals surface area contributed by atoms with Crippen LogP contribution in [0.3, 0.4) is 0 Å². The second kappa shape index (κ2) is 4.82. The van der Waals surface area contributed by atoms with Crippen LogP contribution < -0.4 is 5.69 Å². The van der Waals surface area contributed by atoms with Crippen LogP contribution in [-0.4, -0.2) is 33.0 Å². The minimum Gasteiger partial charge on any atom is -0.379 e. The van der Waals surface area contributed by atoms with Crippen LogP contribution >= 0.6 is 11.6 Å². The number of nitrogens with one attached hydrogen (secondary N) is 1. The first kappa shape index (κ1) is 12.8. The Morgan fingerprint density at radius 2 is 2.29 bits per heavy atom. The Bertz CT molecular complexity index is 880. The van der Waals surface area contributed by atoms with E-state index in [0.29, 0.717) is 17.3 Å². The highest BCUT2D eigenvalue weighted by Gasteiger charge is 2.22. The van der Waals surface area contributed by atoms with Crippen molar-refractivity contribution in [3.05, 3.63) is 33.7 Å². The Balaban J connectivity index is 2.06. The largest absolute Gasteiger partial charge is 0.379 e. The highest BCUT2D eigenvalue weighted by atomic mass is 35.5. The molecule has 4 rings (SSSR count). The first-order valence-electron chi connectivity index (χ1n) is 6.88. The van der Waals surface area contributed by atoms with Gasteiger partial charge in [0.1, 0.15) is 5.52 Å². The van der Waals surface area contributed by atoms with E-state index in [0.717, 1.165) is 35.9 Å². The zero-order valence-electron chi connectivity index (χ0n) is 11.2. The van der Waals surface area contributed by atoms with Crippen LogP contribution in [0.2, 0.25) is 5.02 Å². The van der Waals surface area contributed by atoms with Gasteiger partial charge in [-0.15, -0.1) is 10.2 Å². The van der Waals surface area contributed by atoms with Crippen molar-refractivity contribution in [3.63, 3.8) is 0 Å². The Labute approximate surface area is 124 Å². The molecular weight excluding hydrogens is 292 g/mol. The van der Waals surface area contributed by atoms with Crippen molar-refractivity contribution < 1.29 is 4.74 Å². The summed E-state index contributed by atoms with van der Waals surface area (Å²) in [5, 5.41) is 9.67. The Hall–Kier alpha value is -1.92. The van der Waals surface area contributed by atoms with Crippen molar-refractivity contribution >= 4 is 33.7 Å². The molecule has 0 unspecified atom stereocenters. The minimum atomic E-state index is -0.178. The van der Waals surface area contributed by atoms with Gasteiger partial charge in [-0.05, 0) is 31.0 Å². The van der Waals surface area contributed by atoms with Crippen molar-refractivity contribution in [1.29, 1.82) is 0 Å². The monoisotopic (exact) mass is 304 g/mol. The summed E-state index contributed by atoms with van der Waals surface area (Å²) in [6.07, 6.45) is 1.86. The van der Waals surface area contributed by atoms with Gasteiger partial charge < -0.3 is 4.74 Å². The third kappa shape index (κ3) is 2.02. The summed E-state index contributed by atoms with van der Waals surface area (Å²) in [4.78, 5) is 15.1. The van der Waals surface area contributed by atoms with E-state index in [2.05, 4.69) is 15.2 Å². The highest BCUT2D eigenvalue weighted by Crippen LogP contribution is 2.27. The van der Waals surface area contributed by atoms with Crippen molar-refractivity contribution in [3.8, 4) is 0 Å². The van der Waals surface area contributed by atoms with Crippen LogP contribution in [0.1, 0.15) is 18.9 Å². The van der Waals surface area contributed by atoms with Gasteiger partial charge in [-0.25, -0.2) is 4.79 Å². The van der Waals surface area contributed by atoms with E-state index in [4.69, 9.17) is 16.3 Å². The van der Waals surface area contributed by atoms with Crippen molar-refractivity contribution in [2.75, 3.05) is 13.2 Å². The van der Waals surface area contributed by atoms with E-state index in [1.54, 1.807) is 10.6 Å². The van der Waals surface area contributed by atoms with Crippen molar-refractivity contribution in [2.45, 2.75) is 18.9 Å². The molecule has 6 nitrogen and oxygen atoms in total. The van der Waals surface area contributed by atoms with Gasteiger partial charge >= 0.3 is 5.69 Å². The van der Waals surface area contributed by atoms with Gasteiger partial charge in [0, 0.05) is 17.0 Å². The predicted octanol–water partition coefficient (Wildman–Crippen LogP) is 2.28. The number of halogens is 1. The molecule has 0 saturated carbocycles. The number of aromatic nitrogens is 4. The maximum Gasteiger partial charge on any atom is 0.328 e. The second-order valence-electron chi connectivity index (χ2n) is 5.23. The Morgan fingerprint density at radius 1 is 1.38 bits per heavy atom. The molecule has 0 aliphatic carbocycles. The first-order valence-corrected chi connectivity index (χ1v) is 7.26. The summed E-state index contributed by atoms with van der Waals surface area (Å²) >= 11 is 6.09. The zero-order valence-corrected chi connectivity index (χ0v) is 11.9. The summed E-state index contributed by atoms with van der Waals surface area (Å²) in [7, 11) is 0. The topological polar surface area (TPSA) is 72.8 Å². The molecule has 1 N–H and O–H groups in total. The van der Waals surface area contributed by atoms with Crippen LogP contribution in [0.4, 0.5) is 0 Å². The smallest absolute Gasteiger partial charge is 0.328 e. The van der Waals surface area contributed by atoms with E-state index in [-0.39, 0.29) is 11.7 Å². The van der Waals surface area contributed by atoms with Gasteiger partial charge in [0.25, 0.3) is 0 Å². The van der Waals surface area contributed by atoms with Crippen LogP contribution in [0.5, 0.6) is 0 Å². The van der Waals surface area contributed by atoms with Gasteiger partial charge in [0.05, 0.1) is 18.2 Å². The van der Waals surface area contributed by atoms with E-state index < -0.39 is 0 Å². The van der Waals surface area contributed by atoms with Crippen molar-refractivity contribution in [2.24, 2.45) is 0 Å². The molecule has 3 heterocycles. The van der Waals surface area contributed by atoms with E-state index in [1.165, 1.54) is 0 Å². The fourth-order valence-electron chi connectivity index (χ4n) is 2.93. The lowest BCUT2D eigenvalue weighted by atomic mass is 10.1. The first-order chi connectivity index (χ1) is 10.2. The Kier molecular flexibility index (Phi) is 2.94. The number of ether oxygens (including phenoxy) is 1. The zero-order chi connectivity index (χ0) is 14.4. The molecule has 2 aromatic heterocycles.